The molecule has 2 aromatic heterocycles. The van der Waals surface area contributed by atoms with Gasteiger partial charge in [0.25, 0.3) is 0 Å². The van der Waals surface area contributed by atoms with E-state index in [9.17, 15) is 0 Å². The Morgan fingerprint density at radius 1 is 1.13 bits per heavy atom. The zero-order chi connectivity index (χ0) is 10.5. The number of furan rings is 1. The fourth-order valence-corrected chi connectivity index (χ4v) is 1.32. The summed E-state index contributed by atoms with van der Waals surface area (Å²) in [5.74, 6) is 1.30. The van der Waals surface area contributed by atoms with Crippen LogP contribution in [0.25, 0.3) is 0 Å². The molecule has 0 saturated heterocycles. The number of anilines is 1. The Labute approximate surface area is 88.1 Å². The van der Waals surface area contributed by atoms with E-state index in [1.54, 1.807) is 18.5 Å². The molecule has 4 nitrogen and oxygen atoms in total. The molecule has 3 N–H and O–H groups in total. The van der Waals surface area contributed by atoms with Gasteiger partial charge in [0, 0.05) is 25.0 Å². The van der Waals surface area contributed by atoms with E-state index in [4.69, 9.17) is 10.2 Å². The Morgan fingerprint density at radius 3 is 2.60 bits per heavy atom. The number of pyridine rings is 1. The normalized spacial score (nSPS) is 10.4. The van der Waals surface area contributed by atoms with Crippen LogP contribution in [-0.4, -0.2) is 4.98 Å². The molecule has 0 aliphatic rings. The van der Waals surface area contributed by atoms with Crippen molar-refractivity contribution in [3.63, 3.8) is 0 Å². The van der Waals surface area contributed by atoms with Crippen LogP contribution < -0.4 is 11.1 Å². The van der Waals surface area contributed by atoms with Crippen LogP contribution in [0.1, 0.15) is 11.3 Å². The van der Waals surface area contributed by atoms with Crippen LogP contribution in [0.4, 0.5) is 5.88 Å². The highest BCUT2D eigenvalue weighted by Gasteiger charge is 1.98. The molecule has 2 rings (SSSR count). The van der Waals surface area contributed by atoms with Crippen LogP contribution in [0, 0.1) is 0 Å². The predicted molar refractivity (Wildman–Crippen MR) is 57.9 cm³/mol. The standard InChI is InChI=1S/C11H13N3O/c12-11-2-1-10(15-11)8-14-7-9-3-5-13-6-4-9/h1-6,14H,7-8,12H2. The summed E-state index contributed by atoms with van der Waals surface area (Å²) in [5.41, 5.74) is 6.66. The summed E-state index contributed by atoms with van der Waals surface area (Å²) in [6.07, 6.45) is 3.56. The maximum Gasteiger partial charge on any atom is 0.190 e. The third kappa shape index (κ3) is 2.82. The number of nitrogens with zero attached hydrogens (tertiary/aromatic N) is 1. The van der Waals surface area contributed by atoms with Crippen LogP contribution in [-0.2, 0) is 13.1 Å². The monoisotopic (exact) mass is 203 g/mol. The molecule has 0 unspecified atom stereocenters. The first-order chi connectivity index (χ1) is 7.34. The molecule has 0 fully saturated rings. The average Bonchev–Trinajstić information content (AvgIpc) is 2.66. The number of nitrogens with two attached hydrogens (primary N) is 1. The highest BCUT2D eigenvalue weighted by Crippen LogP contribution is 2.08. The fraction of sp³-hybridized carbons (Fsp3) is 0.182. The second-order valence-corrected chi connectivity index (χ2v) is 3.26. The van der Waals surface area contributed by atoms with Crippen molar-refractivity contribution >= 4 is 5.88 Å². The number of nitrogens with one attached hydrogen (secondary N) is 1. The molecule has 0 aliphatic carbocycles. The van der Waals surface area contributed by atoms with Gasteiger partial charge in [0.2, 0.25) is 0 Å². The van der Waals surface area contributed by atoms with Crippen molar-refractivity contribution in [1.82, 2.24) is 10.3 Å². The molecule has 78 valence electrons. The molecule has 15 heavy (non-hydrogen) atoms. The van der Waals surface area contributed by atoms with Gasteiger partial charge in [-0.25, -0.2) is 0 Å². The topological polar surface area (TPSA) is 64.1 Å². The maximum atomic E-state index is 5.46. The van der Waals surface area contributed by atoms with Crippen LogP contribution in [0.2, 0.25) is 0 Å². The minimum Gasteiger partial charge on any atom is -0.445 e. The Bertz CT molecular complexity index is 411. The van der Waals surface area contributed by atoms with E-state index in [2.05, 4.69) is 10.3 Å². The summed E-state index contributed by atoms with van der Waals surface area (Å²) in [4.78, 5) is 3.95. The number of rotatable bonds is 4. The molecule has 2 heterocycles. The summed E-state index contributed by atoms with van der Waals surface area (Å²) in [5, 5.41) is 3.25. The van der Waals surface area contributed by atoms with Gasteiger partial charge in [0.05, 0.1) is 6.54 Å². The minimum absolute atomic E-state index is 0.454. The lowest BCUT2D eigenvalue weighted by Gasteiger charge is -2.01. The summed E-state index contributed by atoms with van der Waals surface area (Å²) in [6.45, 7) is 1.47. The molecule has 0 aromatic carbocycles. The minimum atomic E-state index is 0.454. The molecular weight excluding hydrogens is 190 g/mol. The first-order valence-corrected chi connectivity index (χ1v) is 4.78. The van der Waals surface area contributed by atoms with Crippen molar-refractivity contribution < 1.29 is 4.42 Å². The molecule has 0 radical (unpaired) electrons. The smallest absolute Gasteiger partial charge is 0.190 e. The van der Waals surface area contributed by atoms with Gasteiger partial charge >= 0.3 is 0 Å². The number of hydrogen-bond acceptors (Lipinski definition) is 4. The van der Waals surface area contributed by atoms with E-state index in [1.807, 2.05) is 18.2 Å². The molecule has 0 aliphatic heterocycles. The summed E-state index contributed by atoms with van der Waals surface area (Å²) >= 11 is 0. The largest absolute Gasteiger partial charge is 0.445 e. The Balaban J connectivity index is 1.80. The van der Waals surface area contributed by atoms with Crippen molar-refractivity contribution in [3.8, 4) is 0 Å². The van der Waals surface area contributed by atoms with Gasteiger partial charge in [-0.15, -0.1) is 0 Å². The van der Waals surface area contributed by atoms with E-state index in [1.165, 1.54) is 5.56 Å². The van der Waals surface area contributed by atoms with Gasteiger partial charge in [0.1, 0.15) is 5.76 Å². The highest BCUT2D eigenvalue weighted by molar-refractivity contribution is 5.25. The summed E-state index contributed by atoms with van der Waals surface area (Å²) < 4.78 is 5.22. The van der Waals surface area contributed by atoms with E-state index < -0.39 is 0 Å². The Morgan fingerprint density at radius 2 is 1.93 bits per heavy atom. The molecule has 0 spiro atoms. The number of aromatic nitrogens is 1. The molecule has 4 heteroatoms. The van der Waals surface area contributed by atoms with Gasteiger partial charge < -0.3 is 15.5 Å². The second kappa shape index (κ2) is 4.61. The molecular formula is C11H13N3O. The maximum absolute atomic E-state index is 5.46. The first-order valence-electron chi connectivity index (χ1n) is 4.78. The summed E-state index contributed by atoms with van der Waals surface area (Å²) in [6, 6.07) is 7.57. The van der Waals surface area contributed by atoms with Gasteiger partial charge in [-0.1, -0.05) is 0 Å². The lowest BCUT2D eigenvalue weighted by atomic mass is 10.3. The van der Waals surface area contributed by atoms with E-state index in [0.29, 0.717) is 12.4 Å². The lowest BCUT2D eigenvalue weighted by molar-refractivity contribution is 0.497. The zero-order valence-corrected chi connectivity index (χ0v) is 8.31. The SMILES string of the molecule is Nc1ccc(CNCc2ccncc2)o1. The third-order valence-electron chi connectivity index (χ3n) is 2.06. The predicted octanol–water partition coefficient (Wildman–Crippen LogP) is 1.55. The zero-order valence-electron chi connectivity index (χ0n) is 8.31. The molecule has 0 amide bonds. The Hall–Kier alpha value is -1.81. The number of hydrogen-bond donors (Lipinski definition) is 2. The van der Waals surface area contributed by atoms with Crippen molar-refractivity contribution in [3.05, 3.63) is 48.0 Å². The Kier molecular flexibility index (Phi) is 2.99. The second-order valence-electron chi connectivity index (χ2n) is 3.26. The van der Waals surface area contributed by atoms with E-state index in [-0.39, 0.29) is 0 Å². The van der Waals surface area contributed by atoms with Crippen molar-refractivity contribution in [2.24, 2.45) is 0 Å². The van der Waals surface area contributed by atoms with Gasteiger partial charge in [-0.05, 0) is 23.8 Å². The molecule has 0 bridgehead atoms. The molecule has 0 saturated carbocycles. The van der Waals surface area contributed by atoms with Gasteiger partial charge in [0.15, 0.2) is 5.88 Å². The van der Waals surface area contributed by atoms with E-state index >= 15 is 0 Å². The van der Waals surface area contributed by atoms with Crippen LogP contribution in [0.5, 0.6) is 0 Å². The van der Waals surface area contributed by atoms with Crippen molar-refractivity contribution in [2.45, 2.75) is 13.1 Å². The number of nitrogen functional groups attached to an aromatic ring is 1. The van der Waals surface area contributed by atoms with Gasteiger partial charge in [-0.3, -0.25) is 4.98 Å². The summed E-state index contributed by atoms with van der Waals surface area (Å²) in [7, 11) is 0. The van der Waals surface area contributed by atoms with Crippen molar-refractivity contribution in [1.29, 1.82) is 0 Å². The average molecular weight is 203 g/mol. The van der Waals surface area contributed by atoms with Crippen LogP contribution >= 0.6 is 0 Å². The first kappa shape index (κ1) is 9.73. The fourth-order valence-electron chi connectivity index (χ4n) is 1.32. The molecule has 0 atom stereocenters. The van der Waals surface area contributed by atoms with Gasteiger partial charge in [-0.2, -0.15) is 0 Å². The molecule has 2 aromatic rings. The van der Waals surface area contributed by atoms with Crippen LogP contribution in [0.3, 0.4) is 0 Å². The quantitative estimate of drug-likeness (QED) is 0.791. The highest BCUT2D eigenvalue weighted by atomic mass is 16.4. The van der Waals surface area contributed by atoms with Crippen LogP contribution in [0.15, 0.2) is 41.1 Å². The van der Waals surface area contributed by atoms with Crippen molar-refractivity contribution in [2.75, 3.05) is 5.73 Å². The lowest BCUT2D eigenvalue weighted by Crippen LogP contribution is -2.11. The third-order valence-corrected chi connectivity index (χ3v) is 2.06. The van der Waals surface area contributed by atoms with E-state index in [0.717, 1.165) is 12.3 Å².